The lowest BCUT2D eigenvalue weighted by Crippen LogP contribution is -2.51. The zero-order chi connectivity index (χ0) is 97.9. The van der Waals surface area contributed by atoms with Crippen LogP contribution in [-0.4, -0.2) is 241 Å². The van der Waals surface area contributed by atoms with E-state index in [1.165, 1.54) is 81.5 Å². The van der Waals surface area contributed by atoms with Crippen LogP contribution in [0.1, 0.15) is 76.9 Å². The number of benzene rings is 3. The van der Waals surface area contributed by atoms with E-state index in [0.29, 0.717) is 28.2 Å². The van der Waals surface area contributed by atoms with Gasteiger partial charge < -0.3 is 70.4 Å². The average molecular weight is 1960 g/mol. The van der Waals surface area contributed by atoms with Crippen molar-refractivity contribution in [1.82, 2.24) is 58.6 Å². The zero-order valence-corrected chi connectivity index (χ0v) is 80.9. The normalized spacial score (nSPS) is 21.1. The van der Waals surface area contributed by atoms with Gasteiger partial charge in [-0.2, -0.15) is 0 Å². The number of nitrogens with zero attached hydrogens (tertiary/aromatic N) is 12. The number of hydrogen-bond donors (Lipinski definition) is 3. The summed E-state index contributed by atoms with van der Waals surface area (Å²) in [5.41, 5.74) is 0.366. The summed E-state index contributed by atoms with van der Waals surface area (Å²) in [7, 11) is -14.2. The van der Waals surface area contributed by atoms with Crippen molar-refractivity contribution in [3.05, 3.63) is 222 Å². The molecule has 6 aromatic heterocycles. The van der Waals surface area contributed by atoms with Gasteiger partial charge in [0.05, 0.1) is 66.2 Å². The number of phosphoric ester groups is 2. The van der Waals surface area contributed by atoms with Crippen LogP contribution in [0.3, 0.4) is 0 Å². The molecule has 9 heterocycles. The van der Waals surface area contributed by atoms with E-state index in [-0.39, 0.29) is 90.6 Å². The molecule has 14 atom stereocenters. The van der Waals surface area contributed by atoms with E-state index in [9.17, 15) is 24.0 Å². The highest BCUT2D eigenvalue weighted by Gasteiger charge is 2.60. The lowest BCUT2D eigenvalue weighted by Gasteiger charge is -2.41. The van der Waals surface area contributed by atoms with E-state index < -0.39 is 179 Å². The van der Waals surface area contributed by atoms with Crippen LogP contribution < -0.4 is 25.4 Å². The maximum absolute atomic E-state index is 17.1. The molecule has 9 aromatic rings. The Morgan fingerprint density at radius 2 is 0.728 bits per heavy atom. The Labute approximate surface area is 786 Å². The van der Waals surface area contributed by atoms with Crippen molar-refractivity contribution >= 4 is 114 Å². The molecule has 12 rings (SSSR count). The molecule has 3 N–H and O–H groups in total. The first kappa shape index (κ1) is 103. The SMILES string of the molecule is C=CCOC(=O)Nc1ncnc2c1ncn2[C@@H]1O[C@H](COP(=O)(OCC=C)O[C@@H]2[C@H](O[Si](C)(C)C(C)(C)C)[C@@H](COP(=O)(OCC=C)O[C@@H]3[C@H](O[Si](C)(C)C(C)(C)C)C(COC(c4ccccc4)(c4ccc(OC)cc4)c4ccc(OC)cc4)O[C@H]3n3cnc4c(NC(=O)OCC=C)ncnc43)O[C@H]2n2cnc3c(NC(=O)OCC=C)ncnc32)[C@@H](OC(=O)OCC=C)[C@H]1OC(=O)OCC=C. The van der Waals surface area contributed by atoms with E-state index in [1.54, 1.807) is 14.2 Å². The first-order valence-corrected chi connectivity index (χ1v) is 51.5. The Morgan fingerprint density at radius 3 is 1.07 bits per heavy atom. The third-order valence-corrected chi connectivity index (χ3v) is 34.4. The van der Waals surface area contributed by atoms with Crippen molar-refractivity contribution in [3.8, 4) is 11.5 Å². The van der Waals surface area contributed by atoms with Crippen LogP contribution in [-0.2, 0) is 103 Å². The fourth-order valence-electron chi connectivity index (χ4n) is 14.1. The number of carbonyl (C=O) groups is 5. The van der Waals surface area contributed by atoms with Gasteiger partial charge in [0, 0.05) is 0 Å². The number of anilines is 3. The third kappa shape index (κ3) is 23.9. The van der Waals surface area contributed by atoms with Gasteiger partial charge in [-0.1, -0.05) is 172 Å². The van der Waals surface area contributed by atoms with Gasteiger partial charge >= 0.3 is 46.2 Å². The number of ether oxygens (including phenoxy) is 13. The molecule has 0 radical (unpaired) electrons. The van der Waals surface area contributed by atoms with E-state index in [4.69, 9.17) is 103 Å². The second-order valence-corrected chi connectivity index (χ2v) is 46.3. The maximum Gasteiger partial charge on any atom is 0.509 e. The molecular formula is C89H111N15O28P2Si2. The highest BCUT2D eigenvalue weighted by atomic mass is 31.2. The molecule has 3 aliphatic heterocycles. The quantitative estimate of drug-likeness (QED) is 0.00796. The van der Waals surface area contributed by atoms with Gasteiger partial charge in [-0.15, -0.1) is 13.2 Å². The molecule has 47 heteroatoms. The van der Waals surface area contributed by atoms with E-state index in [1.807, 2.05) is 147 Å². The van der Waals surface area contributed by atoms with E-state index in [0.717, 1.165) is 12.7 Å². The molecule has 3 amide bonds. The number of imidazole rings is 3. The average Bonchev–Trinajstić information content (AvgIpc) is 1.49. The first-order chi connectivity index (χ1) is 65.0. The molecule has 728 valence electrons. The summed E-state index contributed by atoms with van der Waals surface area (Å²) in [5.74, 6) is 0.745. The topological polar surface area (TPSA) is 480 Å². The van der Waals surface area contributed by atoms with Crippen LogP contribution in [0.2, 0.25) is 36.3 Å². The summed E-state index contributed by atoms with van der Waals surface area (Å²) in [5, 5.41) is 6.43. The Hall–Kier alpha value is -12.1. The van der Waals surface area contributed by atoms with Crippen molar-refractivity contribution < 1.29 is 131 Å². The van der Waals surface area contributed by atoms with Crippen LogP contribution in [0.25, 0.3) is 33.5 Å². The zero-order valence-electron chi connectivity index (χ0n) is 77.2. The monoisotopic (exact) mass is 1960 g/mol. The number of aromatic nitrogens is 12. The smallest absolute Gasteiger partial charge is 0.497 e. The molecule has 3 fully saturated rings. The molecule has 136 heavy (non-hydrogen) atoms. The fourth-order valence-corrected chi connectivity index (χ4v) is 19.4. The van der Waals surface area contributed by atoms with Gasteiger partial charge in [-0.05, 0) is 77.2 Å². The Bertz CT molecular complexity index is 5800. The number of nitrogens with one attached hydrogen (secondary N) is 3. The predicted molar refractivity (Wildman–Crippen MR) is 498 cm³/mol. The first-order valence-electron chi connectivity index (χ1n) is 42.8. The second-order valence-electron chi connectivity index (χ2n) is 33.5. The molecule has 0 aliphatic carbocycles. The minimum Gasteiger partial charge on any atom is -0.497 e. The minimum atomic E-state index is -5.42. The Morgan fingerprint density at radius 1 is 0.404 bits per heavy atom. The summed E-state index contributed by atoms with van der Waals surface area (Å²) in [6, 6.07) is 24.4. The van der Waals surface area contributed by atoms with Gasteiger partial charge in [0.15, 0.2) is 98.5 Å². The summed E-state index contributed by atoms with van der Waals surface area (Å²) < 4.78 is 172. The minimum absolute atomic E-state index is 0.0395. The van der Waals surface area contributed by atoms with Crippen LogP contribution in [0, 0.1) is 0 Å². The Kier molecular flexibility index (Phi) is 34.2. The third-order valence-electron chi connectivity index (χ3n) is 22.6. The number of carbonyl (C=O) groups excluding carboxylic acids is 5. The van der Waals surface area contributed by atoms with Gasteiger partial charge in [0.1, 0.15) is 112 Å². The molecule has 3 unspecified atom stereocenters. The molecule has 3 aliphatic rings. The van der Waals surface area contributed by atoms with Crippen molar-refractivity contribution in [2.24, 2.45) is 0 Å². The summed E-state index contributed by atoms with van der Waals surface area (Å²) in [4.78, 5) is 108. The second kappa shape index (κ2) is 45.2. The summed E-state index contributed by atoms with van der Waals surface area (Å²) >= 11 is 0. The predicted octanol–water partition coefficient (Wildman–Crippen LogP) is 16.0. The lowest BCUT2D eigenvalue weighted by molar-refractivity contribution is -0.0933. The molecule has 0 spiro atoms. The molecule has 3 aromatic carbocycles. The molecule has 3 saturated heterocycles. The van der Waals surface area contributed by atoms with Crippen molar-refractivity contribution in [3.63, 3.8) is 0 Å². The van der Waals surface area contributed by atoms with Crippen molar-refractivity contribution in [2.45, 2.75) is 157 Å². The van der Waals surface area contributed by atoms with Gasteiger partial charge in [-0.3, -0.25) is 56.8 Å². The van der Waals surface area contributed by atoms with Gasteiger partial charge in [-0.25, -0.2) is 78.0 Å². The Balaban J connectivity index is 0.991. The molecule has 43 nitrogen and oxygen atoms in total. The number of fused-ring (bicyclic) bond motifs is 3. The summed E-state index contributed by atoms with van der Waals surface area (Å²) in [6.07, 6.45) is -8.62. The molecule has 0 saturated carbocycles. The highest BCUT2D eigenvalue weighted by Crippen LogP contribution is 2.60. The van der Waals surface area contributed by atoms with E-state index >= 15 is 9.13 Å². The molecular weight excluding hydrogens is 1850 g/mol. The van der Waals surface area contributed by atoms with Crippen LogP contribution in [0.4, 0.5) is 41.4 Å². The number of hydrogen-bond acceptors (Lipinski definition) is 37. The van der Waals surface area contributed by atoms with Crippen LogP contribution in [0.5, 0.6) is 11.5 Å². The maximum atomic E-state index is 17.1. The van der Waals surface area contributed by atoms with Crippen LogP contribution >= 0.6 is 15.6 Å². The molecule has 0 bridgehead atoms. The summed E-state index contributed by atoms with van der Waals surface area (Å²) in [6.45, 7) is 41.0. The van der Waals surface area contributed by atoms with Gasteiger partial charge in [0.25, 0.3) is 0 Å². The van der Waals surface area contributed by atoms with Crippen LogP contribution in [0.15, 0.2) is 205 Å². The number of amides is 3. The fraction of sp³-hybridized carbons (Fsp3) is 0.416. The largest absolute Gasteiger partial charge is 0.509 e. The number of rotatable bonds is 46. The van der Waals surface area contributed by atoms with Crippen molar-refractivity contribution in [1.29, 1.82) is 0 Å². The lowest BCUT2D eigenvalue weighted by atomic mass is 9.80. The number of methoxy groups -OCH3 is 2. The van der Waals surface area contributed by atoms with Crippen molar-refractivity contribution in [2.75, 3.05) is 96.2 Å². The standard InChI is InChI=1S/C89H111N15O28P2Si2/c1-20-40-114-82(105)99-73-64-76(93-50-90-73)102(53-96-64)79-70(128-86(109)118-44-24-5)67(127-85(108)117-43-23-4)62(125-79)48-122-133(110,120-45-25-6)130-72-69(132-136(18,19)88(11,12)13)63(126-81(72)104-55-98-66-75(92-52-95-78(66)104)101-84(107)116-42-22-3)49-123-134(111,121-46-26-7)129-71-68(131-135(16,17)87(8,9)10)61(124-80(71)103-54-97-65-74(91-51-94-77(65)103)100-83(106)115-41-21-2)47-119-89(56-30-28-27-29-31-56,57-32-36-59(112-14)37-33-57)58-34-38-60(113-15)39-35-58/h20-39,50-55,61-63,67-72,79-81H,1-7,40-49H2,8-19H3,(H,90,93,99,105)(H,91,94,100,106)(H,92,95,101,107)/t61?,62-,63-,67-,68-,69-,70-,71-,72-,79-,80-,81-,133?,134?/m1/s1. The highest BCUT2D eigenvalue weighted by molar-refractivity contribution is 7.48. The van der Waals surface area contributed by atoms with Gasteiger partial charge in [0.2, 0.25) is 0 Å². The van der Waals surface area contributed by atoms with E-state index in [2.05, 4.69) is 102 Å². The number of phosphoric acid groups is 2.